The largest absolute Gasteiger partial charge is 0.375 e. The van der Waals surface area contributed by atoms with Crippen LogP contribution in [-0.2, 0) is 32.1 Å². The average Bonchev–Trinajstić information content (AvgIpc) is 4.45. The Hall–Kier alpha value is -4.04. The van der Waals surface area contributed by atoms with Gasteiger partial charge in [-0.3, -0.25) is 24.5 Å². The quantitative estimate of drug-likeness (QED) is 0.112. The number of hydrazine groups is 1. The molecule has 13 heteroatoms. The Kier molecular flexibility index (Phi) is 17.3. The van der Waals surface area contributed by atoms with Gasteiger partial charge in [-0.25, -0.2) is 5.43 Å². The highest BCUT2D eigenvalue weighted by Gasteiger charge is 2.54. The fourth-order valence-corrected chi connectivity index (χ4v) is 17.2. The van der Waals surface area contributed by atoms with Crippen molar-refractivity contribution in [2.45, 2.75) is 200 Å². The van der Waals surface area contributed by atoms with Crippen molar-refractivity contribution >= 4 is 40.4 Å². The van der Waals surface area contributed by atoms with E-state index in [1.807, 2.05) is 5.01 Å². The number of carbonyl (C=O) groups is 3. The lowest BCUT2D eigenvalue weighted by Crippen LogP contribution is -2.63. The zero-order chi connectivity index (χ0) is 54.1. The molecule has 4 saturated heterocycles. The third-order valence-electron chi connectivity index (χ3n) is 21.7. The van der Waals surface area contributed by atoms with Gasteiger partial charge in [-0.1, -0.05) is 46.0 Å². The summed E-state index contributed by atoms with van der Waals surface area (Å²) in [5, 5.41) is 6.96. The van der Waals surface area contributed by atoms with Crippen LogP contribution < -0.4 is 20.5 Å². The van der Waals surface area contributed by atoms with Crippen LogP contribution in [0.5, 0.6) is 0 Å². The smallest absolute Gasteiger partial charge is 0.259 e. The third-order valence-corrected chi connectivity index (χ3v) is 21.7. The molecule has 1 aromatic carbocycles. The van der Waals surface area contributed by atoms with Crippen LogP contribution in [0.2, 0.25) is 0 Å². The Morgan fingerprint density at radius 3 is 2.28 bits per heavy atom. The van der Waals surface area contributed by atoms with Crippen molar-refractivity contribution in [2.24, 2.45) is 40.4 Å². The van der Waals surface area contributed by atoms with Crippen molar-refractivity contribution in [1.29, 1.82) is 0 Å². The van der Waals surface area contributed by atoms with Crippen LogP contribution in [-0.4, -0.2) is 134 Å². The number of piperazine rings is 1. The van der Waals surface area contributed by atoms with E-state index in [9.17, 15) is 4.79 Å². The molecule has 2 N–H and O–H groups in total. The Morgan fingerprint density at radius 2 is 1.59 bits per heavy atom. The minimum absolute atomic E-state index is 0.0398. The summed E-state index contributed by atoms with van der Waals surface area (Å²) >= 11 is 0. The van der Waals surface area contributed by atoms with Gasteiger partial charge in [0.1, 0.15) is 12.3 Å². The number of benzene rings is 1. The standard InChI is InChI=1S/C65H99N9O4/c1-7-72-57-23-22-49(39-53(57)55(43-64(3,4)26-16-38-75)61(72)54-40-50(44-66-58(54)45(2)78-6)71-36-34-69(5)35-37-71)70-32-24-51(48-41-65(42-48)27-15-28-65)52(25-33-70)59(63(77)74-31-13-12-29-67-74)68-62(76)60(47-19-10-11-20-47)73-30-14-21-56(73)46-17-8-9-18-46/h22-23,38-40,44-48,51-52,56,59-60,67H,7-21,24-37,41-43H2,1-6H3,(H,68,76)/t45-,51?,52?,56+,59-,60-/m0/s1. The molecule has 0 bridgehead atoms. The summed E-state index contributed by atoms with van der Waals surface area (Å²) in [4.78, 5) is 58.6. The van der Waals surface area contributed by atoms with Gasteiger partial charge in [0, 0.05) is 101 Å². The van der Waals surface area contributed by atoms with Crippen molar-refractivity contribution in [2.75, 3.05) is 82.9 Å². The molecule has 1 spiro atoms. The molecule has 8 fully saturated rings. The lowest BCUT2D eigenvalue weighted by atomic mass is 9.48. The zero-order valence-electron chi connectivity index (χ0n) is 49.1. The molecule has 78 heavy (non-hydrogen) atoms. The number of nitrogens with zero attached hydrogens (tertiary/aromatic N) is 7. The first-order valence-electron chi connectivity index (χ1n) is 31.8. The summed E-state index contributed by atoms with van der Waals surface area (Å²) in [7, 11) is 3.99. The van der Waals surface area contributed by atoms with E-state index in [1.54, 1.807) is 7.11 Å². The number of hydrogen-bond donors (Lipinski definition) is 2. The highest BCUT2D eigenvalue weighted by Crippen LogP contribution is 2.62. The van der Waals surface area contributed by atoms with Gasteiger partial charge in [0.05, 0.1) is 35.4 Å². The van der Waals surface area contributed by atoms with Gasteiger partial charge in [0.25, 0.3) is 5.91 Å². The number of pyridine rings is 1. The average molecular weight is 1070 g/mol. The summed E-state index contributed by atoms with van der Waals surface area (Å²) in [6.45, 7) is 18.0. The maximum absolute atomic E-state index is 15.7. The lowest BCUT2D eigenvalue weighted by Gasteiger charge is -2.57. The third kappa shape index (κ3) is 11.4. The second kappa shape index (κ2) is 24.2. The maximum Gasteiger partial charge on any atom is 0.259 e. The Bertz CT molecular complexity index is 2540. The molecule has 8 aliphatic rings. The number of aldehydes is 1. The summed E-state index contributed by atoms with van der Waals surface area (Å²) in [6.07, 6.45) is 27.8. The fourth-order valence-electron chi connectivity index (χ4n) is 17.2. The number of rotatable bonds is 19. The number of aryl methyl sites for hydroxylation is 1. The molecule has 4 saturated carbocycles. The number of amides is 2. The van der Waals surface area contributed by atoms with Crippen LogP contribution in [0.1, 0.15) is 180 Å². The molecule has 4 aliphatic heterocycles. The summed E-state index contributed by atoms with van der Waals surface area (Å²) in [6, 6.07) is 9.38. The van der Waals surface area contributed by atoms with Gasteiger partial charge < -0.3 is 34.1 Å². The first-order valence-corrected chi connectivity index (χ1v) is 31.8. The Morgan fingerprint density at radius 1 is 0.846 bits per heavy atom. The minimum atomic E-state index is -0.565. The maximum atomic E-state index is 15.7. The molecule has 4 aliphatic carbocycles. The van der Waals surface area contributed by atoms with E-state index in [2.05, 4.69) is 100 Å². The van der Waals surface area contributed by atoms with Gasteiger partial charge in [0.15, 0.2) is 0 Å². The van der Waals surface area contributed by atoms with E-state index < -0.39 is 6.04 Å². The van der Waals surface area contributed by atoms with Crippen molar-refractivity contribution in [3.63, 3.8) is 0 Å². The van der Waals surface area contributed by atoms with E-state index in [-0.39, 0.29) is 35.3 Å². The Labute approximate surface area is 468 Å². The predicted molar refractivity (Wildman–Crippen MR) is 315 cm³/mol. The van der Waals surface area contributed by atoms with E-state index in [0.29, 0.717) is 48.1 Å². The van der Waals surface area contributed by atoms with Crippen LogP contribution in [0.15, 0.2) is 30.5 Å². The SMILES string of the molecule is CCn1c(-c2cc(N3CCN(C)CC3)cnc2[C@H](C)OC)c(CC(C)(C)CCC=O)c2cc(N3CCC(C4CC5(CCC5)C4)C([C@H](NC(=O)[C@H](C4CCCC4)N4CCC[C@@H]4C4CCCC4)C(=O)N4CCCCN4)CC3)ccc21. The number of likely N-dealkylation sites (N-methyl/N-ethyl adjacent to an activating group) is 1. The summed E-state index contributed by atoms with van der Waals surface area (Å²) in [5.74, 6) is 2.23. The van der Waals surface area contributed by atoms with E-state index in [0.717, 1.165) is 134 Å². The highest BCUT2D eigenvalue weighted by molar-refractivity contribution is 5.95. The molecule has 2 amide bonds. The number of methoxy groups -OCH3 is 1. The van der Waals surface area contributed by atoms with Crippen molar-refractivity contribution in [1.82, 2.24) is 35.1 Å². The lowest BCUT2D eigenvalue weighted by molar-refractivity contribution is -0.146. The normalized spacial score (nSPS) is 26.3. The number of hydrogen-bond acceptors (Lipinski definition) is 10. The summed E-state index contributed by atoms with van der Waals surface area (Å²) in [5.41, 5.74) is 12.1. The topological polar surface area (TPSA) is 119 Å². The number of likely N-dealkylation sites (tertiary alicyclic amines) is 1. The van der Waals surface area contributed by atoms with Crippen molar-refractivity contribution in [3.8, 4) is 11.3 Å². The van der Waals surface area contributed by atoms with Gasteiger partial charge in [-0.15, -0.1) is 0 Å². The second-order valence-electron chi connectivity index (χ2n) is 27.1. The molecule has 6 heterocycles. The molecule has 3 aromatic rings. The molecule has 2 unspecified atom stereocenters. The second-order valence-corrected chi connectivity index (χ2v) is 27.1. The predicted octanol–water partition coefficient (Wildman–Crippen LogP) is 11.0. The Balaban J connectivity index is 0.964. The van der Waals surface area contributed by atoms with Crippen LogP contribution >= 0.6 is 0 Å². The van der Waals surface area contributed by atoms with Crippen molar-refractivity contribution in [3.05, 3.63) is 41.7 Å². The first-order chi connectivity index (χ1) is 37.9. The van der Waals surface area contributed by atoms with Gasteiger partial charge in [0.2, 0.25) is 5.91 Å². The number of anilines is 2. The zero-order valence-corrected chi connectivity index (χ0v) is 49.1. The van der Waals surface area contributed by atoms with Gasteiger partial charge >= 0.3 is 0 Å². The van der Waals surface area contributed by atoms with Gasteiger partial charge in [-0.05, 0) is 200 Å². The fraction of sp³-hybridized carbons (Fsp3) is 0.754. The molecular weight excluding hydrogens is 971 g/mol. The number of nitrogens with one attached hydrogen (secondary N) is 2. The molecular formula is C65H99N9O4. The van der Waals surface area contributed by atoms with Crippen LogP contribution in [0.3, 0.4) is 0 Å². The van der Waals surface area contributed by atoms with E-state index in [1.165, 1.54) is 111 Å². The molecule has 11 rings (SSSR count). The number of carbonyl (C=O) groups excluding carboxylic acids is 3. The monoisotopic (exact) mass is 1070 g/mol. The molecule has 13 nitrogen and oxygen atoms in total. The summed E-state index contributed by atoms with van der Waals surface area (Å²) < 4.78 is 8.62. The minimum Gasteiger partial charge on any atom is -0.375 e. The van der Waals surface area contributed by atoms with Crippen molar-refractivity contribution < 1.29 is 19.1 Å². The molecule has 0 radical (unpaired) electrons. The van der Waals surface area contributed by atoms with Crippen LogP contribution in [0.4, 0.5) is 11.4 Å². The number of ether oxygens (including phenoxy) is 1. The molecule has 6 atom stereocenters. The molecule has 428 valence electrons. The number of aromatic nitrogens is 2. The highest BCUT2D eigenvalue weighted by atomic mass is 16.5. The van der Waals surface area contributed by atoms with Crippen LogP contribution in [0, 0.1) is 40.4 Å². The van der Waals surface area contributed by atoms with E-state index >= 15 is 9.59 Å². The first kappa shape index (κ1) is 55.8. The number of fused-ring (bicyclic) bond motifs is 1. The van der Waals surface area contributed by atoms with E-state index in [4.69, 9.17) is 9.72 Å². The molecule has 2 aromatic heterocycles. The van der Waals surface area contributed by atoms with Crippen LogP contribution in [0.25, 0.3) is 22.2 Å². The van der Waals surface area contributed by atoms with Gasteiger partial charge in [-0.2, -0.15) is 0 Å².